The van der Waals surface area contributed by atoms with E-state index in [4.69, 9.17) is 0 Å². The Bertz CT molecular complexity index is 788. The fourth-order valence-corrected chi connectivity index (χ4v) is 2.95. The molecule has 2 rings (SSSR count). The molecule has 1 unspecified atom stereocenters. The van der Waals surface area contributed by atoms with Crippen LogP contribution < -0.4 is 0 Å². The summed E-state index contributed by atoms with van der Waals surface area (Å²) in [5, 5.41) is 19.5. The number of carboxylic acids is 1. The first kappa shape index (κ1) is 20.0. The highest BCUT2D eigenvalue weighted by Gasteiger charge is 2.23. The summed E-state index contributed by atoms with van der Waals surface area (Å²) in [7, 11) is 0. The van der Waals surface area contributed by atoms with E-state index in [-0.39, 0.29) is 16.6 Å². The molecule has 2 aromatic rings. The molecule has 0 saturated carbocycles. The summed E-state index contributed by atoms with van der Waals surface area (Å²) in [5.74, 6) is -1.39. The molecule has 3 heteroatoms. The second-order valence-corrected chi connectivity index (χ2v) is 9.13. The summed E-state index contributed by atoms with van der Waals surface area (Å²) in [6, 6.07) is 11.4. The van der Waals surface area contributed by atoms with Crippen LogP contribution in [0.5, 0.6) is 5.75 Å². The van der Waals surface area contributed by atoms with Crippen molar-refractivity contribution in [2.45, 2.75) is 65.2 Å². The van der Waals surface area contributed by atoms with Crippen molar-refractivity contribution in [1.82, 2.24) is 0 Å². The molecule has 0 bridgehead atoms. The quantitative estimate of drug-likeness (QED) is 0.727. The van der Waals surface area contributed by atoms with E-state index in [0.29, 0.717) is 5.56 Å². The van der Waals surface area contributed by atoms with Crippen molar-refractivity contribution in [3.8, 4) is 16.9 Å². The molecule has 0 amide bonds. The van der Waals surface area contributed by atoms with Gasteiger partial charge in [-0.25, -0.2) is 0 Å². The maximum Gasteiger partial charge on any atom is 0.310 e. The molecular weight excluding hydrogens is 324 g/mol. The Kier molecular flexibility index (Phi) is 5.23. The molecule has 0 aliphatic heterocycles. The van der Waals surface area contributed by atoms with Gasteiger partial charge >= 0.3 is 5.97 Å². The van der Waals surface area contributed by atoms with Gasteiger partial charge in [-0.15, -0.1) is 0 Å². The fourth-order valence-electron chi connectivity index (χ4n) is 2.95. The Labute approximate surface area is 156 Å². The normalized spacial score (nSPS) is 13.5. The topological polar surface area (TPSA) is 57.5 Å². The van der Waals surface area contributed by atoms with Crippen LogP contribution in [0, 0.1) is 0 Å². The molecule has 0 aliphatic rings. The Morgan fingerprint density at radius 1 is 0.885 bits per heavy atom. The van der Waals surface area contributed by atoms with Crippen molar-refractivity contribution < 1.29 is 15.0 Å². The van der Waals surface area contributed by atoms with Gasteiger partial charge in [-0.3, -0.25) is 4.79 Å². The number of phenolic OH excluding ortho intramolecular Hbond substituents is 1. The SMILES string of the molecule is CC(C(=O)O)c1ccc(O)cc1-c1cc(C(C)(C)C)cc(C(C)(C)C)c1. The predicted octanol–water partition coefficient (Wildman–Crippen LogP) is 5.84. The summed E-state index contributed by atoms with van der Waals surface area (Å²) < 4.78 is 0. The molecule has 0 saturated heterocycles. The van der Waals surface area contributed by atoms with Crippen LogP contribution in [0.3, 0.4) is 0 Å². The monoisotopic (exact) mass is 354 g/mol. The maximum atomic E-state index is 11.6. The second kappa shape index (κ2) is 6.79. The zero-order valence-corrected chi connectivity index (χ0v) is 16.8. The van der Waals surface area contributed by atoms with Crippen LogP contribution in [0.15, 0.2) is 36.4 Å². The molecule has 0 fully saturated rings. The van der Waals surface area contributed by atoms with Gasteiger partial charge in [-0.05, 0) is 57.7 Å². The van der Waals surface area contributed by atoms with Gasteiger partial charge < -0.3 is 10.2 Å². The van der Waals surface area contributed by atoms with E-state index < -0.39 is 11.9 Å². The summed E-state index contributed by atoms with van der Waals surface area (Å²) in [6.45, 7) is 14.7. The third-order valence-electron chi connectivity index (χ3n) is 4.85. The first-order chi connectivity index (χ1) is 11.8. The molecule has 0 aromatic heterocycles. The highest BCUT2D eigenvalue weighted by atomic mass is 16.4. The minimum atomic E-state index is -0.875. The van der Waals surface area contributed by atoms with Crippen molar-refractivity contribution in [1.29, 1.82) is 0 Å². The Balaban J connectivity index is 2.80. The first-order valence-corrected chi connectivity index (χ1v) is 9.03. The third-order valence-corrected chi connectivity index (χ3v) is 4.85. The van der Waals surface area contributed by atoms with Gasteiger partial charge in [0.1, 0.15) is 5.75 Å². The number of phenols is 1. The average Bonchev–Trinajstić information content (AvgIpc) is 2.52. The second-order valence-electron chi connectivity index (χ2n) is 9.13. The van der Waals surface area contributed by atoms with E-state index in [1.54, 1.807) is 25.1 Å². The van der Waals surface area contributed by atoms with Crippen molar-refractivity contribution >= 4 is 5.97 Å². The Hall–Kier alpha value is -2.29. The Morgan fingerprint density at radius 3 is 1.81 bits per heavy atom. The molecule has 0 aliphatic carbocycles. The highest BCUT2D eigenvalue weighted by Crippen LogP contribution is 2.38. The van der Waals surface area contributed by atoms with E-state index in [1.807, 2.05) is 0 Å². The molecule has 140 valence electrons. The molecule has 2 aromatic carbocycles. The van der Waals surface area contributed by atoms with Gasteiger partial charge in [0.15, 0.2) is 0 Å². The number of hydrogen-bond donors (Lipinski definition) is 2. The van der Waals surface area contributed by atoms with Gasteiger partial charge in [0.25, 0.3) is 0 Å². The molecule has 2 N–H and O–H groups in total. The summed E-state index contributed by atoms with van der Waals surface area (Å²) in [6.07, 6.45) is 0. The van der Waals surface area contributed by atoms with Crippen LogP contribution in [-0.4, -0.2) is 16.2 Å². The molecular formula is C23H30O3. The lowest BCUT2D eigenvalue weighted by Crippen LogP contribution is -2.17. The Morgan fingerprint density at radius 2 is 1.38 bits per heavy atom. The minimum Gasteiger partial charge on any atom is -0.508 e. The van der Waals surface area contributed by atoms with Crippen LogP contribution >= 0.6 is 0 Å². The standard InChI is InChI=1S/C23H30O3/c1-14(21(25)26)19-9-8-18(24)13-20(19)15-10-16(22(2,3)4)12-17(11-15)23(5,6)7/h8-14,24H,1-7H3,(H,25,26). The lowest BCUT2D eigenvalue weighted by Gasteiger charge is -2.27. The average molecular weight is 354 g/mol. The predicted molar refractivity (Wildman–Crippen MR) is 107 cm³/mol. The number of rotatable bonds is 3. The fraction of sp³-hybridized carbons (Fsp3) is 0.435. The maximum absolute atomic E-state index is 11.6. The highest BCUT2D eigenvalue weighted by molar-refractivity contribution is 5.81. The zero-order valence-electron chi connectivity index (χ0n) is 16.8. The van der Waals surface area contributed by atoms with Gasteiger partial charge in [-0.1, -0.05) is 65.8 Å². The number of carbonyl (C=O) groups is 1. The van der Waals surface area contributed by atoms with Crippen molar-refractivity contribution in [2.75, 3.05) is 0 Å². The lowest BCUT2D eigenvalue weighted by molar-refractivity contribution is -0.138. The van der Waals surface area contributed by atoms with E-state index >= 15 is 0 Å². The van der Waals surface area contributed by atoms with Gasteiger partial charge in [0, 0.05) is 0 Å². The van der Waals surface area contributed by atoms with Crippen LogP contribution in [0.1, 0.15) is 71.1 Å². The van der Waals surface area contributed by atoms with Crippen molar-refractivity contribution in [3.63, 3.8) is 0 Å². The molecule has 3 nitrogen and oxygen atoms in total. The number of aromatic hydroxyl groups is 1. The smallest absolute Gasteiger partial charge is 0.310 e. The minimum absolute atomic E-state index is 0.0363. The molecule has 0 radical (unpaired) electrons. The number of carboxylic acid groups (broad SMARTS) is 1. The van der Waals surface area contributed by atoms with Crippen LogP contribution in [0.2, 0.25) is 0 Å². The number of hydrogen-bond acceptors (Lipinski definition) is 2. The first-order valence-electron chi connectivity index (χ1n) is 9.03. The lowest BCUT2D eigenvalue weighted by atomic mass is 9.78. The number of aliphatic carboxylic acids is 1. The van der Waals surface area contributed by atoms with Gasteiger partial charge in [-0.2, -0.15) is 0 Å². The number of benzene rings is 2. The van der Waals surface area contributed by atoms with E-state index in [2.05, 4.69) is 59.7 Å². The largest absolute Gasteiger partial charge is 0.508 e. The van der Waals surface area contributed by atoms with Gasteiger partial charge in [0.05, 0.1) is 5.92 Å². The third kappa shape index (κ3) is 4.27. The van der Waals surface area contributed by atoms with E-state index in [1.165, 1.54) is 11.1 Å². The van der Waals surface area contributed by atoms with Crippen LogP contribution in [-0.2, 0) is 15.6 Å². The van der Waals surface area contributed by atoms with E-state index in [0.717, 1.165) is 11.1 Å². The van der Waals surface area contributed by atoms with Crippen LogP contribution in [0.25, 0.3) is 11.1 Å². The molecule has 1 atom stereocenters. The molecule has 26 heavy (non-hydrogen) atoms. The van der Waals surface area contributed by atoms with Crippen molar-refractivity contribution in [2.24, 2.45) is 0 Å². The zero-order chi connectivity index (χ0) is 19.9. The summed E-state index contributed by atoms with van der Waals surface area (Å²) in [4.78, 5) is 11.6. The molecule has 0 heterocycles. The van der Waals surface area contributed by atoms with Crippen molar-refractivity contribution in [3.05, 3.63) is 53.1 Å². The summed E-state index contributed by atoms with van der Waals surface area (Å²) in [5.41, 5.74) is 4.74. The van der Waals surface area contributed by atoms with Crippen LogP contribution in [0.4, 0.5) is 0 Å². The summed E-state index contributed by atoms with van der Waals surface area (Å²) >= 11 is 0. The van der Waals surface area contributed by atoms with E-state index in [9.17, 15) is 15.0 Å². The molecule has 0 spiro atoms. The van der Waals surface area contributed by atoms with Gasteiger partial charge in [0.2, 0.25) is 0 Å².